The summed E-state index contributed by atoms with van der Waals surface area (Å²) in [6.07, 6.45) is 3.16. The van der Waals surface area contributed by atoms with Gasteiger partial charge in [-0.2, -0.15) is 0 Å². The highest BCUT2D eigenvalue weighted by Gasteiger charge is 2.30. The average molecular weight is 404 g/mol. The number of non-ortho nitro benzene ring substituents is 1. The van der Waals surface area contributed by atoms with E-state index < -0.39 is 9.85 Å². The minimum Gasteiger partial charge on any atom is -0.391 e. The molecule has 2 aromatic rings. The number of nitrogens with zero attached hydrogens (tertiary/aromatic N) is 3. The topological polar surface area (TPSA) is 108 Å². The summed E-state index contributed by atoms with van der Waals surface area (Å²) in [5, 5.41) is 27.3. The molecule has 0 aliphatic heterocycles. The Bertz CT molecular complexity index is 914. The molecule has 2 aromatic carbocycles. The summed E-state index contributed by atoms with van der Waals surface area (Å²) in [4.78, 5) is 26.7. The van der Waals surface area contributed by atoms with E-state index in [0.717, 1.165) is 30.2 Å². The quantitative estimate of drug-likeness (QED) is 0.474. The van der Waals surface area contributed by atoms with Crippen LogP contribution in [0.1, 0.15) is 42.7 Å². The van der Waals surface area contributed by atoms with E-state index in [1.54, 1.807) is 12.1 Å². The zero-order chi connectivity index (χ0) is 20.1. The molecule has 0 radical (unpaired) electrons. The van der Waals surface area contributed by atoms with E-state index in [1.165, 1.54) is 12.1 Å². The molecule has 0 saturated heterocycles. The SMILES string of the molecule is O=[N+]([O-])c1ccc([C@H]2CCCC/C2=N/OCc2ccc(Cl)cc2)c([N+](=O)[O-])c1. The first kappa shape index (κ1) is 19.8. The number of nitro groups is 2. The van der Waals surface area contributed by atoms with Crippen molar-refractivity contribution in [2.24, 2.45) is 5.16 Å². The van der Waals surface area contributed by atoms with E-state index in [1.807, 2.05) is 12.1 Å². The molecular formula is C19H18ClN3O5. The number of hydrogen-bond donors (Lipinski definition) is 0. The number of nitro benzene ring substituents is 2. The Labute approximate surface area is 166 Å². The first-order valence-electron chi connectivity index (χ1n) is 8.81. The third kappa shape index (κ3) is 4.64. The molecule has 3 rings (SSSR count). The zero-order valence-electron chi connectivity index (χ0n) is 14.9. The van der Waals surface area contributed by atoms with E-state index in [2.05, 4.69) is 5.16 Å². The Morgan fingerprint density at radius 2 is 1.82 bits per heavy atom. The van der Waals surface area contributed by atoms with Crippen LogP contribution >= 0.6 is 11.6 Å². The Kier molecular flexibility index (Phi) is 6.20. The zero-order valence-corrected chi connectivity index (χ0v) is 15.7. The van der Waals surface area contributed by atoms with Crippen LogP contribution in [0, 0.1) is 20.2 Å². The summed E-state index contributed by atoms with van der Waals surface area (Å²) < 4.78 is 0. The molecule has 0 N–H and O–H groups in total. The molecule has 1 aliphatic carbocycles. The number of benzene rings is 2. The van der Waals surface area contributed by atoms with Gasteiger partial charge in [-0.25, -0.2) is 0 Å². The minimum absolute atomic E-state index is 0.258. The lowest BCUT2D eigenvalue weighted by Gasteiger charge is -2.23. The molecule has 28 heavy (non-hydrogen) atoms. The molecule has 1 fully saturated rings. The van der Waals surface area contributed by atoms with Crippen LogP contribution in [0.3, 0.4) is 0 Å². The van der Waals surface area contributed by atoms with Crippen LogP contribution in [-0.4, -0.2) is 15.6 Å². The standard InChI is InChI=1S/C19H18ClN3O5/c20-14-7-5-13(6-8-14)12-28-21-18-4-2-1-3-16(18)17-10-9-15(22(24)25)11-19(17)23(26)27/h5-11,16H,1-4,12H2/b21-18-/t16-/m1/s1. The van der Waals surface area contributed by atoms with Gasteiger partial charge in [0, 0.05) is 22.6 Å². The first-order chi connectivity index (χ1) is 13.5. The molecule has 0 unspecified atom stereocenters. The Morgan fingerprint density at radius 1 is 1.07 bits per heavy atom. The fourth-order valence-corrected chi connectivity index (χ4v) is 3.43. The molecule has 0 heterocycles. The van der Waals surface area contributed by atoms with Crippen molar-refractivity contribution in [1.29, 1.82) is 0 Å². The van der Waals surface area contributed by atoms with Crippen LogP contribution in [0.5, 0.6) is 0 Å². The molecule has 1 saturated carbocycles. The van der Waals surface area contributed by atoms with Gasteiger partial charge >= 0.3 is 0 Å². The number of rotatable bonds is 6. The van der Waals surface area contributed by atoms with Gasteiger partial charge in [-0.05, 0) is 43.0 Å². The van der Waals surface area contributed by atoms with Crippen molar-refractivity contribution in [3.05, 3.63) is 78.8 Å². The van der Waals surface area contributed by atoms with Crippen molar-refractivity contribution in [2.45, 2.75) is 38.2 Å². The highest BCUT2D eigenvalue weighted by Crippen LogP contribution is 2.37. The molecule has 0 bridgehead atoms. The maximum atomic E-state index is 11.5. The summed E-state index contributed by atoms with van der Waals surface area (Å²) >= 11 is 5.86. The van der Waals surface area contributed by atoms with Gasteiger partial charge < -0.3 is 4.84 Å². The summed E-state index contributed by atoms with van der Waals surface area (Å²) in [6, 6.07) is 11.0. The fourth-order valence-electron chi connectivity index (χ4n) is 3.31. The van der Waals surface area contributed by atoms with E-state index in [-0.39, 0.29) is 23.9 Å². The van der Waals surface area contributed by atoms with Gasteiger partial charge in [-0.15, -0.1) is 0 Å². The molecular weight excluding hydrogens is 386 g/mol. The minimum atomic E-state index is -0.637. The largest absolute Gasteiger partial charge is 0.391 e. The van der Waals surface area contributed by atoms with Gasteiger partial charge in [-0.1, -0.05) is 35.3 Å². The van der Waals surface area contributed by atoms with Crippen LogP contribution < -0.4 is 0 Å². The van der Waals surface area contributed by atoms with Crippen LogP contribution in [0.2, 0.25) is 5.02 Å². The lowest BCUT2D eigenvalue weighted by Crippen LogP contribution is -2.19. The summed E-state index contributed by atoms with van der Waals surface area (Å²) in [5.41, 5.74) is 1.50. The van der Waals surface area contributed by atoms with Gasteiger partial charge in [0.25, 0.3) is 11.4 Å². The number of hydrogen-bond acceptors (Lipinski definition) is 6. The van der Waals surface area contributed by atoms with Gasteiger partial charge in [0.2, 0.25) is 0 Å². The summed E-state index contributed by atoms with van der Waals surface area (Å²) in [5.74, 6) is -0.292. The summed E-state index contributed by atoms with van der Waals surface area (Å²) in [7, 11) is 0. The van der Waals surface area contributed by atoms with Crippen molar-refractivity contribution >= 4 is 28.7 Å². The molecule has 146 valence electrons. The van der Waals surface area contributed by atoms with E-state index in [4.69, 9.17) is 16.4 Å². The van der Waals surface area contributed by atoms with Gasteiger partial charge in [-0.3, -0.25) is 20.2 Å². The van der Waals surface area contributed by atoms with Crippen LogP contribution in [-0.2, 0) is 11.4 Å². The smallest absolute Gasteiger partial charge is 0.280 e. The normalized spacial score (nSPS) is 18.0. The first-order valence-corrected chi connectivity index (χ1v) is 9.19. The van der Waals surface area contributed by atoms with Crippen molar-refractivity contribution < 1.29 is 14.7 Å². The lowest BCUT2D eigenvalue weighted by atomic mass is 9.81. The second kappa shape index (κ2) is 8.79. The van der Waals surface area contributed by atoms with Crippen LogP contribution in [0.25, 0.3) is 0 Å². The van der Waals surface area contributed by atoms with Crippen molar-refractivity contribution in [2.75, 3.05) is 0 Å². The molecule has 1 aliphatic rings. The maximum absolute atomic E-state index is 11.5. The predicted octanol–water partition coefficient (Wildman–Crippen LogP) is 5.39. The Morgan fingerprint density at radius 3 is 2.50 bits per heavy atom. The van der Waals surface area contributed by atoms with Crippen molar-refractivity contribution in [1.82, 2.24) is 0 Å². The highest BCUT2D eigenvalue weighted by atomic mass is 35.5. The summed E-state index contributed by atoms with van der Waals surface area (Å²) in [6.45, 7) is 0.260. The fraction of sp³-hybridized carbons (Fsp3) is 0.316. The van der Waals surface area contributed by atoms with E-state index in [0.29, 0.717) is 23.4 Å². The molecule has 1 atom stereocenters. The second-order valence-corrected chi connectivity index (χ2v) is 6.97. The highest BCUT2D eigenvalue weighted by molar-refractivity contribution is 6.30. The van der Waals surface area contributed by atoms with Crippen molar-refractivity contribution in [3.63, 3.8) is 0 Å². The van der Waals surface area contributed by atoms with E-state index >= 15 is 0 Å². The van der Waals surface area contributed by atoms with Crippen molar-refractivity contribution in [3.8, 4) is 0 Å². The molecule has 8 nitrogen and oxygen atoms in total. The lowest BCUT2D eigenvalue weighted by molar-refractivity contribution is -0.394. The maximum Gasteiger partial charge on any atom is 0.280 e. The monoisotopic (exact) mass is 403 g/mol. The average Bonchev–Trinajstić information content (AvgIpc) is 2.69. The van der Waals surface area contributed by atoms with Gasteiger partial charge in [0.05, 0.1) is 21.6 Å². The third-order valence-corrected chi connectivity index (χ3v) is 4.95. The van der Waals surface area contributed by atoms with Gasteiger partial charge in [0.1, 0.15) is 6.61 Å². The third-order valence-electron chi connectivity index (χ3n) is 4.70. The molecule has 0 spiro atoms. The van der Waals surface area contributed by atoms with Gasteiger partial charge in [0.15, 0.2) is 0 Å². The predicted molar refractivity (Wildman–Crippen MR) is 105 cm³/mol. The number of halogens is 1. The molecule has 0 aromatic heterocycles. The Hall–Kier alpha value is -3.00. The van der Waals surface area contributed by atoms with E-state index in [9.17, 15) is 20.2 Å². The van der Waals surface area contributed by atoms with Crippen LogP contribution in [0.4, 0.5) is 11.4 Å². The number of oxime groups is 1. The second-order valence-electron chi connectivity index (χ2n) is 6.54. The Balaban J connectivity index is 1.83. The molecule has 0 amide bonds. The van der Waals surface area contributed by atoms with Crippen LogP contribution in [0.15, 0.2) is 47.6 Å². The molecule has 9 heteroatoms.